The van der Waals surface area contributed by atoms with E-state index >= 15 is 0 Å². The molecule has 2 aromatic rings. The van der Waals surface area contributed by atoms with Crippen LogP contribution >= 0.6 is 0 Å². The summed E-state index contributed by atoms with van der Waals surface area (Å²) in [6, 6.07) is 18.0. The molecule has 0 bridgehead atoms. The lowest BCUT2D eigenvalue weighted by Gasteiger charge is -2.30. The van der Waals surface area contributed by atoms with Gasteiger partial charge in [-0.15, -0.1) is 0 Å². The van der Waals surface area contributed by atoms with Gasteiger partial charge in [0.2, 0.25) is 15.9 Å². The molecule has 0 aliphatic carbocycles. The van der Waals surface area contributed by atoms with Crippen LogP contribution in [0.25, 0.3) is 0 Å². The first-order valence-corrected chi connectivity index (χ1v) is 11.7. The Bertz CT molecular complexity index is 941. The number of sulfonamides is 1. The van der Waals surface area contributed by atoms with Crippen molar-refractivity contribution < 1.29 is 18.0 Å². The van der Waals surface area contributed by atoms with Crippen molar-refractivity contribution in [1.29, 1.82) is 0 Å². The van der Waals surface area contributed by atoms with Crippen LogP contribution in [-0.4, -0.2) is 50.7 Å². The van der Waals surface area contributed by atoms with Crippen molar-refractivity contribution in [2.75, 3.05) is 26.2 Å². The molecule has 0 atom stereocenters. The summed E-state index contributed by atoms with van der Waals surface area (Å²) in [7, 11) is -3.39. The van der Waals surface area contributed by atoms with Crippen molar-refractivity contribution >= 4 is 21.8 Å². The predicted molar refractivity (Wildman–Crippen MR) is 115 cm³/mol. The van der Waals surface area contributed by atoms with Crippen molar-refractivity contribution in [2.45, 2.75) is 18.6 Å². The lowest BCUT2D eigenvalue weighted by molar-refractivity contribution is -0.126. The van der Waals surface area contributed by atoms with Crippen LogP contribution in [0.2, 0.25) is 0 Å². The molecule has 2 amide bonds. The zero-order chi connectivity index (χ0) is 21.4. The Morgan fingerprint density at radius 2 is 1.43 bits per heavy atom. The minimum atomic E-state index is -3.39. The molecule has 1 heterocycles. The average Bonchev–Trinajstić information content (AvgIpc) is 2.77. The molecule has 0 radical (unpaired) electrons. The van der Waals surface area contributed by atoms with Gasteiger partial charge >= 0.3 is 0 Å². The highest BCUT2D eigenvalue weighted by Gasteiger charge is 2.31. The summed E-state index contributed by atoms with van der Waals surface area (Å²) in [5, 5.41) is 5.60. The Labute approximate surface area is 177 Å². The maximum atomic E-state index is 12.6. The van der Waals surface area contributed by atoms with Crippen molar-refractivity contribution in [3.63, 3.8) is 0 Å². The maximum Gasteiger partial charge on any atom is 0.251 e. The second-order valence-electron chi connectivity index (χ2n) is 7.33. The highest BCUT2D eigenvalue weighted by atomic mass is 32.2. The minimum Gasteiger partial charge on any atom is -0.354 e. The van der Waals surface area contributed by atoms with Crippen molar-refractivity contribution in [3.05, 3.63) is 71.8 Å². The third-order valence-corrected chi connectivity index (χ3v) is 7.01. The van der Waals surface area contributed by atoms with Gasteiger partial charge in [0.15, 0.2) is 0 Å². The van der Waals surface area contributed by atoms with Gasteiger partial charge in [0.25, 0.3) is 5.91 Å². The molecule has 3 rings (SSSR count). The van der Waals surface area contributed by atoms with Gasteiger partial charge in [-0.1, -0.05) is 48.5 Å². The number of hydrogen-bond donors (Lipinski definition) is 2. The van der Waals surface area contributed by atoms with E-state index in [1.807, 2.05) is 24.3 Å². The van der Waals surface area contributed by atoms with Gasteiger partial charge in [-0.25, -0.2) is 12.7 Å². The summed E-state index contributed by atoms with van der Waals surface area (Å²) in [5.41, 5.74) is 1.34. The van der Waals surface area contributed by atoms with Crippen LogP contribution in [0.3, 0.4) is 0 Å². The van der Waals surface area contributed by atoms with Gasteiger partial charge in [-0.2, -0.15) is 0 Å². The molecule has 7 nitrogen and oxygen atoms in total. The van der Waals surface area contributed by atoms with E-state index in [4.69, 9.17) is 0 Å². The lowest BCUT2D eigenvalue weighted by atomic mass is 9.97. The molecule has 0 spiro atoms. The monoisotopic (exact) mass is 429 g/mol. The Morgan fingerprint density at radius 3 is 2.07 bits per heavy atom. The Balaban J connectivity index is 1.38. The Kier molecular flexibility index (Phi) is 7.59. The fourth-order valence-electron chi connectivity index (χ4n) is 3.47. The molecular weight excluding hydrogens is 402 g/mol. The highest BCUT2D eigenvalue weighted by molar-refractivity contribution is 7.88. The normalized spacial score (nSPS) is 15.5. The molecular formula is C22H27N3O4S. The number of carbonyl (C=O) groups is 2. The summed E-state index contributed by atoms with van der Waals surface area (Å²) in [4.78, 5) is 24.3. The van der Waals surface area contributed by atoms with E-state index in [1.165, 1.54) is 4.31 Å². The zero-order valence-corrected chi connectivity index (χ0v) is 17.6. The van der Waals surface area contributed by atoms with E-state index in [1.54, 1.807) is 36.4 Å². The first-order chi connectivity index (χ1) is 14.5. The number of benzene rings is 2. The zero-order valence-electron chi connectivity index (χ0n) is 16.8. The van der Waals surface area contributed by atoms with Crippen LogP contribution in [0.5, 0.6) is 0 Å². The van der Waals surface area contributed by atoms with Crippen LogP contribution in [0, 0.1) is 5.92 Å². The van der Waals surface area contributed by atoms with E-state index in [0.29, 0.717) is 44.6 Å². The van der Waals surface area contributed by atoms with Gasteiger partial charge in [0.05, 0.1) is 5.75 Å². The second kappa shape index (κ2) is 10.4. The average molecular weight is 430 g/mol. The minimum absolute atomic E-state index is 0.0220. The molecule has 1 saturated heterocycles. The molecule has 8 heteroatoms. The summed E-state index contributed by atoms with van der Waals surface area (Å²) in [6.45, 7) is 1.36. The predicted octanol–water partition coefficient (Wildman–Crippen LogP) is 1.77. The Morgan fingerprint density at radius 1 is 0.867 bits per heavy atom. The summed E-state index contributed by atoms with van der Waals surface area (Å²) >= 11 is 0. The summed E-state index contributed by atoms with van der Waals surface area (Å²) in [6.07, 6.45) is 0.993. The molecule has 0 saturated carbocycles. The number of nitrogens with one attached hydrogen (secondary N) is 2. The second-order valence-corrected chi connectivity index (χ2v) is 9.30. The van der Waals surface area contributed by atoms with Gasteiger partial charge in [0.1, 0.15) is 0 Å². The molecule has 1 aliphatic heterocycles. The maximum absolute atomic E-state index is 12.6. The van der Waals surface area contributed by atoms with Crippen LogP contribution in [0.4, 0.5) is 0 Å². The van der Waals surface area contributed by atoms with Gasteiger partial charge < -0.3 is 10.6 Å². The number of nitrogens with zero attached hydrogens (tertiary/aromatic N) is 1. The number of carbonyl (C=O) groups excluding carboxylic acids is 2. The van der Waals surface area contributed by atoms with Crippen molar-refractivity contribution in [1.82, 2.24) is 14.9 Å². The van der Waals surface area contributed by atoms with E-state index in [0.717, 1.165) is 5.56 Å². The van der Waals surface area contributed by atoms with Gasteiger partial charge in [-0.3, -0.25) is 9.59 Å². The number of hydrogen-bond acceptors (Lipinski definition) is 4. The summed E-state index contributed by atoms with van der Waals surface area (Å²) < 4.78 is 26.7. The van der Waals surface area contributed by atoms with Crippen LogP contribution < -0.4 is 10.6 Å². The highest BCUT2D eigenvalue weighted by Crippen LogP contribution is 2.21. The van der Waals surface area contributed by atoms with Crippen molar-refractivity contribution in [3.8, 4) is 0 Å². The van der Waals surface area contributed by atoms with E-state index in [2.05, 4.69) is 10.6 Å². The largest absolute Gasteiger partial charge is 0.354 e. The Hall–Kier alpha value is -2.71. The number of rotatable bonds is 8. The molecule has 160 valence electrons. The summed E-state index contributed by atoms with van der Waals surface area (Å²) in [5.74, 6) is -0.505. The fourth-order valence-corrected chi connectivity index (χ4v) is 5.03. The SMILES string of the molecule is O=C(NCCNC(=O)C1CCN(S(=O)(=O)Cc2ccccc2)CC1)c1ccccc1. The smallest absolute Gasteiger partial charge is 0.251 e. The lowest BCUT2D eigenvalue weighted by Crippen LogP contribution is -2.44. The first-order valence-electron chi connectivity index (χ1n) is 10.1. The standard InChI is InChI=1S/C22H27N3O4S/c26-21(19-9-5-2-6-10-19)23-13-14-24-22(27)20-11-15-25(16-12-20)30(28,29)17-18-7-3-1-4-8-18/h1-10,20H,11-17H2,(H,23,26)(H,24,27). The van der Waals surface area contributed by atoms with Gasteiger partial charge in [-0.05, 0) is 30.5 Å². The van der Waals surface area contributed by atoms with Gasteiger partial charge in [0, 0.05) is 37.7 Å². The quantitative estimate of drug-likeness (QED) is 0.625. The fraction of sp³-hybridized carbons (Fsp3) is 0.364. The third-order valence-electron chi connectivity index (χ3n) is 5.16. The van der Waals surface area contributed by atoms with E-state index in [-0.39, 0.29) is 23.5 Å². The van der Waals surface area contributed by atoms with Crippen LogP contribution in [0.15, 0.2) is 60.7 Å². The number of amides is 2. The van der Waals surface area contributed by atoms with Crippen LogP contribution in [-0.2, 0) is 20.6 Å². The molecule has 0 aromatic heterocycles. The first kappa shape index (κ1) is 22.0. The van der Waals surface area contributed by atoms with E-state index in [9.17, 15) is 18.0 Å². The third kappa shape index (κ3) is 6.14. The van der Waals surface area contributed by atoms with E-state index < -0.39 is 10.0 Å². The molecule has 0 unspecified atom stereocenters. The van der Waals surface area contributed by atoms with Crippen LogP contribution in [0.1, 0.15) is 28.8 Å². The topological polar surface area (TPSA) is 95.6 Å². The van der Waals surface area contributed by atoms with Crippen molar-refractivity contribution in [2.24, 2.45) is 5.92 Å². The molecule has 1 aliphatic rings. The molecule has 30 heavy (non-hydrogen) atoms. The number of piperidine rings is 1. The molecule has 2 aromatic carbocycles. The molecule has 2 N–H and O–H groups in total. The molecule has 1 fully saturated rings.